The van der Waals surface area contributed by atoms with E-state index in [1.807, 2.05) is 11.8 Å². The molecule has 0 atom stereocenters. The number of benzene rings is 1. The molecule has 0 unspecified atom stereocenters. The number of rotatable bonds is 7. The van der Waals surface area contributed by atoms with Crippen molar-refractivity contribution in [3.8, 4) is 0 Å². The second-order valence-electron chi connectivity index (χ2n) is 4.28. The number of anilines is 2. The van der Waals surface area contributed by atoms with E-state index >= 15 is 0 Å². The van der Waals surface area contributed by atoms with E-state index in [1.165, 1.54) is 0 Å². The molecule has 5 nitrogen and oxygen atoms in total. The summed E-state index contributed by atoms with van der Waals surface area (Å²) in [7, 11) is 0. The minimum atomic E-state index is -0.136. The number of nitrogens with zero attached hydrogens (tertiary/aromatic N) is 1. The number of halogens is 1. The number of carbonyl (C=O) groups excluding carboxylic acids is 1. The highest BCUT2D eigenvalue weighted by Crippen LogP contribution is 2.22. The normalized spacial score (nSPS) is 10.7. The molecule has 1 aromatic carbocycles. The van der Waals surface area contributed by atoms with E-state index < -0.39 is 0 Å². The van der Waals surface area contributed by atoms with Gasteiger partial charge in [0.05, 0.1) is 23.9 Å². The molecule has 0 saturated heterocycles. The standard InChI is InChI=1S/C13H20ClN3O2/c1-2-5-17(6-7-18)9-13(19)16-10-3-4-11(14)12(15)8-10/h3-4,8,18H,2,5-7,9,15H2,1H3,(H,16,19). The molecular weight excluding hydrogens is 266 g/mol. The number of carbonyl (C=O) groups is 1. The van der Waals surface area contributed by atoms with Crippen molar-refractivity contribution in [3.05, 3.63) is 23.2 Å². The van der Waals surface area contributed by atoms with E-state index in [1.54, 1.807) is 18.2 Å². The van der Waals surface area contributed by atoms with Crippen LogP contribution in [0.5, 0.6) is 0 Å². The van der Waals surface area contributed by atoms with Crippen molar-refractivity contribution in [3.63, 3.8) is 0 Å². The third kappa shape index (κ3) is 5.46. The molecule has 6 heteroatoms. The van der Waals surface area contributed by atoms with Crippen LogP contribution >= 0.6 is 11.6 Å². The van der Waals surface area contributed by atoms with E-state index in [-0.39, 0.29) is 19.1 Å². The summed E-state index contributed by atoms with van der Waals surface area (Å²) in [6, 6.07) is 4.97. The molecule has 0 aliphatic rings. The van der Waals surface area contributed by atoms with Crippen LogP contribution in [0.4, 0.5) is 11.4 Å². The van der Waals surface area contributed by atoms with Gasteiger partial charge in [0.15, 0.2) is 0 Å². The maximum Gasteiger partial charge on any atom is 0.238 e. The quantitative estimate of drug-likeness (QED) is 0.665. The molecule has 0 fully saturated rings. The second kappa shape index (κ2) is 7.99. The van der Waals surface area contributed by atoms with Crippen LogP contribution in [-0.2, 0) is 4.79 Å². The number of nitrogen functional groups attached to an aromatic ring is 1. The van der Waals surface area contributed by atoms with Crippen molar-refractivity contribution in [2.24, 2.45) is 0 Å². The van der Waals surface area contributed by atoms with Gasteiger partial charge in [0, 0.05) is 12.2 Å². The van der Waals surface area contributed by atoms with Gasteiger partial charge in [-0.05, 0) is 31.2 Å². The molecule has 0 bridgehead atoms. The van der Waals surface area contributed by atoms with Crippen molar-refractivity contribution in [2.75, 3.05) is 37.3 Å². The zero-order valence-electron chi connectivity index (χ0n) is 11.0. The van der Waals surface area contributed by atoms with Gasteiger partial charge in [-0.2, -0.15) is 0 Å². The van der Waals surface area contributed by atoms with Gasteiger partial charge in [-0.3, -0.25) is 9.69 Å². The zero-order chi connectivity index (χ0) is 14.3. The molecular formula is C13H20ClN3O2. The summed E-state index contributed by atoms with van der Waals surface area (Å²) in [4.78, 5) is 13.8. The average Bonchev–Trinajstić information content (AvgIpc) is 2.34. The largest absolute Gasteiger partial charge is 0.397 e. The highest BCUT2D eigenvalue weighted by Gasteiger charge is 2.10. The number of nitrogens with one attached hydrogen (secondary N) is 1. The van der Waals surface area contributed by atoms with E-state index in [0.717, 1.165) is 13.0 Å². The lowest BCUT2D eigenvalue weighted by atomic mass is 10.2. The molecule has 0 aliphatic heterocycles. The minimum absolute atomic E-state index is 0.0428. The van der Waals surface area contributed by atoms with Crippen LogP contribution in [0.3, 0.4) is 0 Å². The Morgan fingerprint density at radius 2 is 2.21 bits per heavy atom. The van der Waals surface area contributed by atoms with Gasteiger partial charge < -0.3 is 16.2 Å². The lowest BCUT2D eigenvalue weighted by Gasteiger charge is -2.19. The Hall–Kier alpha value is -1.30. The first-order chi connectivity index (χ1) is 9.06. The molecule has 4 N–H and O–H groups in total. The number of hydrogen-bond acceptors (Lipinski definition) is 4. The third-order valence-electron chi connectivity index (χ3n) is 2.60. The Balaban J connectivity index is 2.55. The van der Waals surface area contributed by atoms with E-state index in [0.29, 0.717) is 22.9 Å². The van der Waals surface area contributed by atoms with Crippen molar-refractivity contribution in [1.82, 2.24) is 4.90 Å². The van der Waals surface area contributed by atoms with Crippen molar-refractivity contribution in [2.45, 2.75) is 13.3 Å². The summed E-state index contributed by atoms with van der Waals surface area (Å²) < 4.78 is 0. The third-order valence-corrected chi connectivity index (χ3v) is 2.95. The predicted molar refractivity (Wildman–Crippen MR) is 78.3 cm³/mol. The summed E-state index contributed by atoms with van der Waals surface area (Å²) in [5.74, 6) is -0.136. The van der Waals surface area contributed by atoms with Gasteiger partial charge in [0.2, 0.25) is 5.91 Å². The van der Waals surface area contributed by atoms with Crippen LogP contribution in [0.1, 0.15) is 13.3 Å². The van der Waals surface area contributed by atoms with E-state index in [9.17, 15) is 4.79 Å². The number of aliphatic hydroxyl groups is 1. The second-order valence-corrected chi connectivity index (χ2v) is 4.69. The van der Waals surface area contributed by atoms with Gasteiger partial charge in [-0.25, -0.2) is 0 Å². The number of amides is 1. The molecule has 0 saturated carbocycles. The fourth-order valence-corrected chi connectivity index (χ4v) is 1.87. The van der Waals surface area contributed by atoms with Gasteiger partial charge in [0.25, 0.3) is 0 Å². The van der Waals surface area contributed by atoms with Gasteiger partial charge in [0.1, 0.15) is 0 Å². The lowest BCUT2D eigenvalue weighted by molar-refractivity contribution is -0.117. The first-order valence-corrected chi connectivity index (χ1v) is 6.62. The van der Waals surface area contributed by atoms with E-state index in [2.05, 4.69) is 5.32 Å². The maximum absolute atomic E-state index is 11.9. The number of aliphatic hydroxyl groups excluding tert-OH is 1. The van der Waals surface area contributed by atoms with Gasteiger partial charge >= 0.3 is 0 Å². The SMILES string of the molecule is CCCN(CCO)CC(=O)Nc1ccc(Cl)c(N)c1. The van der Waals surface area contributed by atoms with Crippen LogP contribution in [0.25, 0.3) is 0 Å². The fourth-order valence-electron chi connectivity index (χ4n) is 1.75. The summed E-state index contributed by atoms with van der Waals surface area (Å²) in [5, 5.41) is 12.1. The predicted octanol–water partition coefficient (Wildman–Crippen LogP) is 1.56. The molecule has 0 heterocycles. The monoisotopic (exact) mass is 285 g/mol. The average molecular weight is 286 g/mol. The van der Waals surface area contributed by atoms with Crippen LogP contribution in [0.2, 0.25) is 5.02 Å². The van der Waals surface area contributed by atoms with Crippen molar-refractivity contribution in [1.29, 1.82) is 0 Å². The van der Waals surface area contributed by atoms with E-state index in [4.69, 9.17) is 22.4 Å². The van der Waals surface area contributed by atoms with Crippen molar-refractivity contribution >= 4 is 28.9 Å². The maximum atomic E-state index is 11.9. The van der Waals surface area contributed by atoms with Gasteiger partial charge in [-0.15, -0.1) is 0 Å². The Morgan fingerprint density at radius 1 is 1.47 bits per heavy atom. The molecule has 19 heavy (non-hydrogen) atoms. The van der Waals surface area contributed by atoms with Crippen LogP contribution in [-0.4, -0.2) is 42.2 Å². The number of nitrogens with two attached hydrogens (primary N) is 1. The first kappa shape index (κ1) is 15.8. The molecule has 1 rings (SSSR count). The molecule has 0 radical (unpaired) electrons. The number of hydrogen-bond donors (Lipinski definition) is 3. The molecule has 106 valence electrons. The smallest absolute Gasteiger partial charge is 0.238 e. The zero-order valence-corrected chi connectivity index (χ0v) is 11.8. The highest BCUT2D eigenvalue weighted by molar-refractivity contribution is 6.33. The van der Waals surface area contributed by atoms with Crippen LogP contribution in [0.15, 0.2) is 18.2 Å². The highest BCUT2D eigenvalue weighted by atomic mass is 35.5. The molecule has 1 amide bonds. The Morgan fingerprint density at radius 3 is 2.79 bits per heavy atom. The summed E-state index contributed by atoms with van der Waals surface area (Å²) in [6.07, 6.45) is 0.932. The molecule has 0 spiro atoms. The fraction of sp³-hybridized carbons (Fsp3) is 0.462. The molecule has 0 aromatic heterocycles. The Kier molecular flexibility index (Phi) is 6.62. The van der Waals surface area contributed by atoms with Crippen LogP contribution < -0.4 is 11.1 Å². The topological polar surface area (TPSA) is 78.6 Å². The Labute approximate surface area is 118 Å². The Bertz CT molecular complexity index is 420. The van der Waals surface area contributed by atoms with Crippen molar-refractivity contribution < 1.29 is 9.90 Å². The summed E-state index contributed by atoms with van der Waals surface area (Å²) in [5.41, 5.74) is 6.71. The lowest BCUT2D eigenvalue weighted by Crippen LogP contribution is -2.35. The summed E-state index contributed by atoms with van der Waals surface area (Å²) >= 11 is 5.81. The van der Waals surface area contributed by atoms with Crippen LogP contribution in [0, 0.1) is 0 Å². The summed E-state index contributed by atoms with van der Waals surface area (Å²) in [6.45, 7) is 3.58. The minimum Gasteiger partial charge on any atom is -0.397 e. The molecule has 1 aromatic rings. The van der Waals surface area contributed by atoms with Gasteiger partial charge in [-0.1, -0.05) is 18.5 Å². The first-order valence-electron chi connectivity index (χ1n) is 6.25. The molecule has 0 aliphatic carbocycles.